The maximum Gasteiger partial charge on any atom is 0.316 e. The van der Waals surface area contributed by atoms with Crippen LogP contribution >= 0.6 is 0 Å². The number of aldehydes is 1. The monoisotopic (exact) mass is 376 g/mol. The number of nitrogens with two attached hydrogens (primary N) is 2. The molecule has 0 bridgehead atoms. The minimum Gasteiger partial charge on any atom is -0.384 e. The van der Waals surface area contributed by atoms with E-state index >= 15 is 0 Å². The first-order valence-corrected chi connectivity index (χ1v) is 8.79. The molecule has 10 nitrogen and oxygen atoms in total. The van der Waals surface area contributed by atoms with E-state index in [1.54, 1.807) is 7.05 Å². The van der Waals surface area contributed by atoms with Crippen molar-refractivity contribution in [3.8, 4) is 0 Å². The molecule has 1 aromatic rings. The van der Waals surface area contributed by atoms with Crippen molar-refractivity contribution in [2.45, 2.75) is 37.2 Å². The zero-order valence-corrected chi connectivity index (χ0v) is 15.3. The van der Waals surface area contributed by atoms with Crippen LogP contribution < -0.4 is 11.5 Å². The molecule has 2 unspecified atom stereocenters. The average molecular weight is 376 g/mol. The van der Waals surface area contributed by atoms with Gasteiger partial charge in [0.1, 0.15) is 11.4 Å². The number of aliphatic hydroxyl groups is 1. The van der Waals surface area contributed by atoms with Crippen molar-refractivity contribution < 1.29 is 14.8 Å². The molecule has 2 aliphatic carbocycles. The van der Waals surface area contributed by atoms with Gasteiger partial charge in [0, 0.05) is 20.0 Å². The Balaban J connectivity index is 1.78. The van der Waals surface area contributed by atoms with Crippen molar-refractivity contribution >= 4 is 17.8 Å². The van der Waals surface area contributed by atoms with E-state index in [-0.39, 0.29) is 23.5 Å². The third-order valence-electron chi connectivity index (χ3n) is 5.92. The number of rotatable bonds is 5. The molecule has 0 aromatic carbocycles. The summed E-state index contributed by atoms with van der Waals surface area (Å²) in [7, 11) is 3.19. The molecule has 1 heterocycles. The van der Waals surface area contributed by atoms with Crippen molar-refractivity contribution in [3.05, 3.63) is 33.3 Å². The summed E-state index contributed by atoms with van der Waals surface area (Å²) in [6.07, 6.45) is 4.32. The summed E-state index contributed by atoms with van der Waals surface area (Å²) in [6, 6.07) is 0. The number of nitrogens with zero attached hydrogens (tertiary/aromatic N) is 4. The van der Waals surface area contributed by atoms with Crippen LogP contribution in [0.15, 0.2) is 16.9 Å². The highest BCUT2D eigenvalue weighted by atomic mass is 16.6. The van der Waals surface area contributed by atoms with Crippen molar-refractivity contribution in [2.24, 2.45) is 29.6 Å². The van der Waals surface area contributed by atoms with E-state index in [1.807, 2.05) is 0 Å². The summed E-state index contributed by atoms with van der Waals surface area (Å²) in [5, 5.41) is 26.2. The third-order valence-corrected chi connectivity index (χ3v) is 5.92. The Morgan fingerprint density at radius 1 is 1.44 bits per heavy atom. The Hall–Kier alpha value is -2.75. The van der Waals surface area contributed by atoms with Crippen LogP contribution in [0.3, 0.4) is 0 Å². The molecule has 0 amide bonds. The van der Waals surface area contributed by atoms with Crippen LogP contribution in [0.4, 0.5) is 5.82 Å². The van der Waals surface area contributed by atoms with Crippen LogP contribution in [0, 0.1) is 22.0 Å². The van der Waals surface area contributed by atoms with Gasteiger partial charge >= 0.3 is 5.82 Å². The molecule has 0 saturated heterocycles. The minimum absolute atomic E-state index is 0.106. The molecule has 10 heteroatoms. The van der Waals surface area contributed by atoms with Crippen LogP contribution in [0.5, 0.6) is 0 Å². The lowest BCUT2D eigenvalue weighted by molar-refractivity contribution is -0.426. The molecular formula is C17H24N6O4. The number of nitro groups is 1. The van der Waals surface area contributed by atoms with Crippen LogP contribution in [0.2, 0.25) is 0 Å². The summed E-state index contributed by atoms with van der Waals surface area (Å²) >= 11 is 0. The predicted molar refractivity (Wildman–Crippen MR) is 98.8 cm³/mol. The second-order valence-corrected chi connectivity index (χ2v) is 7.49. The molecule has 0 radical (unpaired) electrons. The van der Waals surface area contributed by atoms with E-state index in [2.05, 4.69) is 10.1 Å². The van der Waals surface area contributed by atoms with Gasteiger partial charge in [0.15, 0.2) is 6.29 Å². The fourth-order valence-electron chi connectivity index (χ4n) is 4.69. The van der Waals surface area contributed by atoms with E-state index in [4.69, 9.17) is 11.5 Å². The highest BCUT2D eigenvalue weighted by molar-refractivity contribution is 6.02. The topological polar surface area (TPSA) is 163 Å². The van der Waals surface area contributed by atoms with Crippen molar-refractivity contribution in [2.75, 3.05) is 12.8 Å². The van der Waals surface area contributed by atoms with E-state index in [0.717, 1.165) is 25.2 Å². The molecule has 2 atom stereocenters. The molecule has 0 spiro atoms. The van der Waals surface area contributed by atoms with Crippen LogP contribution in [-0.4, -0.2) is 44.5 Å². The molecule has 2 saturated carbocycles. The molecule has 3 rings (SSSR count). The number of fused-ring (bicyclic) bond motifs is 1. The number of carbonyl (C=O) groups is 1. The van der Waals surface area contributed by atoms with Gasteiger partial charge in [-0.3, -0.25) is 20.2 Å². The first-order valence-electron chi connectivity index (χ1n) is 8.79. The van der Waals surface area contributed by atoms with Gasteiger partial charge in [0.05, 0.1) is 23.0 Å². The SMILES string of the molecule is CN=C(/C=C(\N)[N+](=O)[O-])C1(O)CC2CC(c3nn(C)c(N)c3C=O)CC2C1. The van der Waals surface area contributed by atoms with Gasteiger partial charge in [-0.1, -0.05) is 0 Å². The number of aryl methyl sites for hydroxylation is 1. The Bertz CT molecular complexity index is 829. The Morgan fingerprint density at radius 3 is 2.52 bits per heavy atom. The molecule has 2 aliphatic rings. The van der Waals surface area contributed by atoms with E-state index in [9.17, 15) is 20.0 Å². The number of aromatic nitrogens is 2. The lowest BCUT2D eigenvalue weighted by Crippen LogP contribution is -2.36. The summed E-state index contributed by atoms with van der Waals surface area (Å²) in [4.78, 5) is 25.5. The van der Waals surface area contributed by atoms with Crippen molar-refractivity contribution in [3.63, 3.8) is 0 Å². The summed E-state index contributed by atoms with van der Waals surface area (Å²) in [5.41, 5.74) is 11.5. The standard InChI is InChI=1S/C17H24N6O4/c1-20-13(5-14(18)23(26)27)17(25)6-10-3-9(4-11(10)7-17)15-12(8-24)16(19)22(2)21-15/h5,8-11,25H,3-4,6-7,18-19H2,1-2H3/b14-5+,20-13?. The van der Waals surface area contributed by atoms with Crippen LogP contribution in [0.25, 0.3) is 0 Å². The molecule has 27 heavy (non-hydrogen) atoms. The zero-order valence-electron chi connectivity index (χ0n) is 15.3. The van der Waals surface area contributed by atoms with Gasteiger partial charge in [0.2, 0.25) is 0 Å². The summed E-state index contributed by atoms with van der Waals surface area (Å²) in [6.45, 7) is 0. The lowest BCUT2D eigenvalue weighted by atomic mass is 9.88. The minimum atomic E-state index is -1.23. The smallest absolute Gasteiger partial charge is 0.316 e. The maximum atomic E-state index is 11.4. The van der Waals surface area contributed by atoms with Crippen LogP contribution in [0.1, 0.15) is 47.7 Å². The molecule has 1 aromatic heterocycles. The van der Waals surface area contributed by atoms with Gasteiger partial charge < -0.3 is 21.0 Å². The fourth-order valence-corrected chi connectivity index (χ4v) is 4.69. The highest BCUT2D eigenvalue weighted by Gasteiger charge is 2.51. The second-order valence-electron chi connectivity index (χ2n) is 7.49. The van der Waals surface area contributed by atoms with Gasteiger partial charge in [-0.25, -0.2) is 0 Å². The highest BCUT2D eigenvalue weighted by Crippen LogP contribution is 2.54. The Labute approximate surface area is 156 Å². The Morgan fingerprint density at radius 2 is 2.04 bits per heavy atom. The normalized spacial score (nSPS) is 31.1. The largest absolute Gasteiger partial charge is 0.384 e. The molecule has 2 fully saturated rings. The van der Waals surface area contributed by atoms with Crippen molar-refractivity contribution in [1.29, 1.82) is 0 Å². The zero-order chi connectivity index (χ0) is 19.9. The second kappa shape index (κ2) is 6.76. The molecule has 146 valence electrons. The third kappa shape index (κ3) is 3.20. The molecule has 0 aliphatic heterocycles. The van der Waals surface area contributed by atoms with Gasteiger partial charge in [0.25, 0.3) is 0 Å². The van der Waals surface area contributed by atoms with Gasteiger partial charge in [-0.2, -0.15) is 5.10 Å². The first-order chi connectivity index (χ1) is 12.7. The summed E-state index contributed by atoms with van der Waals surface area (Å²) < 4.78 is 1.51. The molecule has 5 N–H and O–H groups in total. The molecular weight excluding hydrogens is 352 g/mol. The van der Waals surface area contributed by atoms with Gasteiger partial charge in [-0.15, -0.1) is 0 Å². The number of anilines is 1. The van der Waals surface area contributed by atoms with E-state index < -0.39 is 16.3 Å². The number of carbonyl (C=O) groups excluding carboxylic acids is 1. The van der Waals surface area contributed by atoms with Crippen LogP contribution in [-0.2, 0) is 7.05 Å². The summed E-state index contributed by atoms with van der Waals surface area (Å²) in [5.74, 6) is 0.344. The van der Waals surface area contributed by atoms with Gasteiger partial charge in [-0.05, 0) is 42.4 Å². The average Bonchev–Trinajstić information content (AvgIpc) is 3.22. The fraction of sp³-hybridized carbons (Fsp3) is 0.588. The first kappa shape index (κ1) is 19.0. The van der Waals surface area contributed by atoms with Crippen molar-refractivity contribution in [1.82, 2.24) is 9.78 Å². The lowest BCUT2D eigenvalue weighted by Gasteiger charge is -2.24. The quantitative estimate of drug-likeness (QED) is 0.293. The number of aliphatic imine (C=N–C) groups is 1. The predicted octanol–water partition coefficient (Wildman–Crippen LogP) is 0.597. The Kier molecular flexibility index (Phi) is 4.77. The van der Waals surface area contributed by atoms with E-state index in [0.29, 0.717) is 29.9 Å². The number of hydrogen-bond acceptors (Lipinski definition) is 8. The maximum absolute atomic E-state index is 11.4. The van der Waals surface area contributed by atoms with E-state index in [1.165, 1.54) is 11.7 Å². The number of hydrogen-bond donors (Lipinski definition) is 3. The number of nitrogen functional groups attached to an aromatic ring is 1.